The Hall–Kier alpha value is -0.740. The molecule has 1 heterocycles. The van der Waals surface area contributed by atoms with Gasteiger partial charge in [0.05, 0.1) is 6.04 Å². The summed E-state index contributed by atoms with van der Waals surface area (Å²) in [6.45, 7) is 8.31. The fourth-order valence-corrected chi connectivity index (χ4v) is 3.54. The molecule has 0 N–H and O–H groups in total. The molecule has 0 bridgehead atoms. The van der Waals surface area contributed by atoms with Crippen LogP contribution in [-0.2, 0) is 0 Å². The van der Waals surface area contributed by atoms with Crippen LogP contribution >= 0.6 is 0 Å². The van der Waals surface area contributed by atoms with Gasteiger partial charge in [-0.05, 0) is 51.4 Å². The molecule has 0 radical (unpaired) electrons. The number of hydrogen-bond acceptors (Lipinski definition) is 3. The molecule has 0 saturated heterocycles. The minimum Gasteiger partial charge on any atom is -0.271 e. The molecule has 0 aromatic rings. The highest BCUT2D eigenvalue weighted by Crippen LogP contribution is 2.41. The first-order valence-corrected chi connectivity index (χ1v) is 7.88. The molecule has 0 aromatic heterocycles. The summed E-state index contributed by atoms with van der Waals surface area (Å²) in [5.41, 5.74) is 0. The third-order valence-corrected chi connectivity index (χ3v) is 4.51. The summed E-state index contributed by atoms with van der Waals surface area (Å²) in [5.74, 6) is -1.73. The Kier molecular flexibility index (Phi) is 4.65. The molecule has 1 fully saturated rings. The molecule has 2 aliphatic rings. The van der Waals surface area contributed by atoms with E-state index in [0.29, 0.717) is 18.3 Å². The zero-order valence-corrected chi connectivity index (χ0v) is 13.0. The highest BCUT2D eigenvalue weighted by Gasteiger charge is 2.51. The topological polar surface area (TPSA) is 28.0 Å². The van der Waals surface area contributed by atoms with Crippen LogP contribution in [0.4, 0.5) is 8.78 Å². The van der Waals surface area contributed by atoms with Crippen LogP contribution in [0.5, 0.6) is 0 Å². The lowest BCUT2D eigenvalue weighted by atomic mass is 9.81. The smallest absolute Gasteiger partial charge is 0.271 e. The van der Waals surface area contributed by atoms with Crippen molar-refractivity contribution in [3.8, 4) is 0 Å². The first-order chi connectivity index (χ1) is 9.31. The van der Waals surface area contributed by atoms with Gasteiger partial charge in [0.15, 0.2) is 6.04 Å². The Morgan fingerprint density at radius 1 is 1.15 bits per heavy atom. The highest BCUT2D eigenvalue weighted by molar-refractivity contribution is 4.98. The van der Waals surface area contributed by atoms with Gasteiger partial charge in [-0.25, -0.2) is 8.78 Å². The molecule has 1 saturated carbocycles. The maximum Gasteiger partial charge on any atom is 0.274 e. The van der Waals surface area contributed by atoms with E-state index in [9.17, 15) is 8.78 Å². The van der Waals surface area contributed by atoms with Crippen molar-refractivity contribution in [2.24, 2.45) is 22.2 Å². The first-order valence-electron chi connectivity index (χ1n) is 7.88. The van der Waals surface area contributed by atoms with E-state index >= 15 is 0 Å². The lowest BCUT2D eigenvalue weighted by Crippen LogP contribution is -2.48. The van der Waals surface area contributed by atoms with Crippen LogP contribution in [-0.4, -0.2) is 29.1 Å². The molecule has 1 aliphatic heterocycles. The Bertz CT molecular complexity index is 355. The van der Waals surface area contributed by atoms with Gasteiger partial charge in [0.1, 0.15) is 0 Å². The van der Waals surface area contributed by atoms with Crippen molar-refractivity contribution in [2.45, 2.75) is 83.8 Å². The molecule has 5 heteroatoms. The maximum absolute atomic E-state index is 14.4. The van der Waals surface area contributed by atoms with Crippen molar-refractivity contribution in [1.82, 2.24) is 5.01 Å². The van der Waals surface area contributed by atoms with Gasteiger partial charge in [-0.15, -0.1) is 0 Å². The Balaban J connectivity index is 2.12. The fraction of sp³-hybridized carbons (Fsp3) is 1.00. The van der Waals surface area contributed by atoms with Crippen LogP contribution in [0.25, 0.3) is 0 Å². The largest absolute Gasteiger partial charge is 0.274 e. The van der Waals surface area contributed by atoms with Crippen LogP contribution in [0.1, 0.15) is 59.8 Å². The number of halogens is 2. The maximum atomic E-state index is 14.4. The second-order valence-electron chi connectivity index (χ2n) is 7.06. The average Bonchev–Trinajstić information content (AvgIpc) is 2.75. The number of alkyl halides is 2. The van der Waals surface area contributed by atoms with E-state index in [1.807, 2.05) is 13.8 Å². The SMILES string of the molecule is CC(C)CC1CCC2C(N=NN2C(C)C)C(F)(F)CC1. The molecule has 116 valence electrons. The van der Waals surface area contributed by atoms with Gasteiger partial charge >= 0.3 is 0 Å². The Morgan fingerprint density at radius 3 is 2.45 bits per heavy atom. The molecule has 2 rings (SSSR count). The van der Waals surface area contributed by atoms with Crippen molar-refractivity contribution < 1.29 is 8.78 Å². The third-order valence-electron chi connectivity index (χ3n) is 4.51. The van der Waals surface area contributed by atoms with Crippen LogP contribution < -0.4 is 0 Å². The van der Waals surface area contributed by atoms with Crippen LogP contribution in [0.15, 0.2) is 10.3 Å². The molecular weight excluding hydrogens is 260 g/mol. The molecule has 0 amide bonds. The summed E-state index contributed by atoms with van der Waals surface area (Å²) in [7, 11) is 0. The molecule has 0 aromatic carbocycles. The van der Waals surface area contributed by atoms with Crippen LogP contribution in [0, 0.1) is 11.8 Å². The normalized spacial score (nSPS) is 33.4. The average molecular weight is 287 g/mol. The van der Waals surface area contributed by atoms with Gasteiger partial charge < -0.3 is 0 Å². The van der Waals surface area contributed by atoms with Crippen molar-refractivity contribution in [1.29, 1.82) is 0 Å². The molecule has 3 nitrogen and oxygen atoms in total. The molecular formula is C15H27F2N3. The number of rotatable bonds is 3. The van der Waals surface area contributed by atoms with Gasteiger partial charge in [0.2, 0.25) is 0 Å². The predicted octanol–water partition coefficient (Wildman–Crippen LogP) is 4.69. The van der Waals surface area contributed by atoms with Crippen molar-refractivity contribution in [3.05, 3.63) is 0 Å². The van der Waals surface area contributed by atoms with E-state index < -0.39 is 12.0 Å². The summed E-state index contributed by atoms with van der Waals surface area (Å²) in [6.07, 6.45) is 3.41. The summed E-state index contributed by atoms with van der Waals surface area (Å²) >= 11 is 0. The predicted molar refractivity (Wildman–Crippen MR) is 75.8 cm³/mol. The van der Waals surface area contributed by atoms with Crippen molar-refractivity contribution >= 4 is 0 Å². The van der Waals surface area contributed by atoms with Crippen molar-refractivity contribution in [2.75, 3.05) is 0 Å². The number of hydrogen-bond donors (Lipinski definition) is 0. The van der Waals surface area contributed by atoms with E-state index in [4.69, 9.17) is 0 Å². The second kappa shape index (κ2) is 5.94. The first kappa shape index (κ1) is 15.6. The highest BCUT2D eigenvalue weighted by atomic mass is 19.3. The van der Waals surface area contributed by atoms with Crippen LogP contribution in [0.3, 0.4) is 0 Å². The van der Waals surface area contributed by atoms with Gasteiger partial charge in [0.25, 0.3) is 5.92 Å². The molecule has 3 atom stereocenters. The zero-order chi connectivity index (χ0) is 14.9. The van der Waals surface area contributed by atoms with E-state index in [-0.39, 0.29) is 18.5 Å². The summed E-state index contributed by atoms with van der Waals surface area (Å²) in [5, 5.41) is 9.71. The van der Waals surface area contributed by atoms with E-state index in [0.717, 1.165) is 19.3 Å². The molecule has 20 heavy (non-hydrogen) atoms. The third kappa shape index (κ3) is 3.29. The lowest BCUT2D eigenvalue weighted by molar-refractivity contribution is -0.0618. The van der Waals surface area contributed by atoms with Crippen molar-refractivity contribution in [3.63, 3.8) is 0 Å². The minimum absolute atomic E-state index is 0.0451. The summed E-state index contributed by atoms with van der Waals surface area (Å²) in [6, 6.07) is -1.03. The lowest BCUT2D eigenvalue weighted by Gasteiger charge is -2.35. The van der Waals surface area contributed by atoms with Gasteiger partial charge in [-0.2, -0.15) is 5.11 Å². The molecule has 3 unspecified atom stereocenters. The Morgan fingerprint density at radius 2 is 1.85 bits per heavy atom. The van der Waals surface area contributed by atoms with E-state index in [1.165, 1.54) is 0 Å². The summed E-state index contributed by atoms with van der Waals surface area (Å²) in [4.78, 5) is 0. The number of nitrogens with zero attached hydrogens (tertiary/aromatic N) is 3. The van der Waals surface area contributed by atoms with Crippen LogP contribution in [0.2, 0.25) is 0 Å². The van der Waals surface area contributed by atoms with Gasteiger partial charge in [-0.1, -0.05) is 19.1 Å². The quantitative estimate of drug-likeness (QED) is 0.740. The van der Waals surface area contributed by atoms with Gasteiger partial charge in [-0.3, -0.25) is 5.01 Å². The zero-order valence-electron chi connectivity index (χ0n) is 13.0. The second-order valence-corrected chi connectivity index (χ2v) is 7.06. The minimum atomic E-state index is -2.71. The fourth-order valence-electron chi connectivity index (χ4n) is 3.54. The summed E-state index contributed by atoms with van der Waals surface area (Å²) < 4.78 is 28.7. The Labute approximate surface area is 120 Å². The van der Waals surface area contributed by atoms with E-state index in [2.05, 4.69) is 24.2 Å². The monoisotopic (exact) mass is 287 g/mol. The standard InChI is InChI=1S/C15H27F2N3/c1-10(2)9-12-5-6-13-14(15(16,17)8-7-12)18-19-20(13)11(3)4/h10-14H,5-9H2,1-4H3. The molecule has 0 spiro atoms. The number of fused-ring (bicyclic) bond motifs is 1. The molecule has 1 aliphatic carbocycles. The van der Waals surface area contributed by atoms with E-state index in [1.54, 1.807) is 5.01 Å². The van der Waals surface area contributed by atoms with Gasteiger partial charge in [0, 0.05) is 12.5 Å².